The summed E-state index contributed by atoms with van der Waals surface area (Å²) >= 11 is 3.51. The number of allylic oxidation sites excluding steroid dienone is 1. The van der Waals surface area contributed by atoms with Crippen LogP contribution in [0.3, 0.4) is 0 Å². The Hall–Kier alpha value is -3.63. The molecule has 31 heavy (non-hydrogen) atoms. The van der Waals surface area contributed by atoms with E-state index in [1.54, 1.807) is 24.3 Å². The Morgan fingerprint density at radius 3 is 2.77 bits per heavy atom. The van der Waals surface area contributed by atoms with E-state index in [1.807, 2.05) is 30.3 Å². The Kier molecular flexibility index (Phi) is 6.01. The number of benzene rings is 3. The standard InChI is InChI=1S/C24H17BrFN3O2/c1-30-22-12-16(9-17(13-27)24-28-20-7-2-3-8-21(20)29-24)11-19(25)23(22)31-14-15-5-4-6-18(26)10-15/h2-12H,14H2,1H3,(H,28,29)/b17-9+. The van der Waals surface area contributed by atoms with Gasteiger partial charge in [-0.25, -0.2) is 9.37 Å². The summed E-state index contributed by atoms with van der Waals surface area (Å²) in [6, 6.07) is 19.6. The third kappa shape index (κ3) is 4.60. The Bertz CT molecular complexity index is 1290. The van der Waals surface area contributed by atoms with Crippen molar-refractivity contribution in [2.45, 2.75) is 6.61 Å². The predicted molar refractivity (Wildman–Crippen MR) is 121 cm³/mol. The summed E-state index contributed by atoms with van der Waals surface area (Å²) in [5, 5.41) is 9.67. The highest BCUT2D eigenvalue weighted by atomic mass is 79.9. The molecule has 0 aliphatic carbocycles. The van der Waals surface area contributed by atoms with Crippen molar-refractivity contribution in [1.82, 2.24) is 9.97 Å². The number of rotatable bonds is 6. The molecule has 0 aliphatic rings. The zero-order valence-electron chi connectivity index (χ0n) is 16.5. The van der Waals surface area contributed by atoms with E-state index in [0.29, 0.717) is 32.9 Å². The first-order chi connectivity index (χ1) is 15.1. The molecule has 0 unspecified atom stereocenters. The fourth-order valence-corrected chi connectivity index (χ4v) is 3.72. The quantitative estimate of drug-likeness (QED) is 0.339. The van der Waals surface area contributed by atoms with E-state index in [0.717, 1.165) is 16.6 Å². The molecule has 7 heteroatoms. The van der Waals surface area contributed by atoms with Gasteiger partial charge in [-0.15, -0.1) is 0 Å². The maximum Gasteiger partial charge on any atom is 0.175 e. The largest absolute Gasteiger partial charge is 0.493 e. The van der Waals surface area contributed by atoms with Crippen LogP contribution in [0.2, 0.25) is 0 Å². The van der Waals surface area contributed by atoms with Crippen LogP contribution < -0.4 is 9.47 Å². The first kappa shape index (κ1) is 20.6. The number of nitrogens with zero attached hydrogens (tertiary/aromatic N) is 2. The third-order valence-electron chi connectivity index (χ3n) is 4.60. The lowest BCUT2D eigenvalue weighted by molar-refractivity contribution is 0.282. The zero-order valence-corrected chi connectivity index (χ0v) is 18.1. The second kappa shape index (κ2) is 9.02. The van der Waals surface area contributed by atoms with Crippen molar-refractivity contribution in [3.63, 3.8) is 0 Å². The fourth-order valence-electron chi connectivity index (χ4n) is 3.15. The van der Waals surface area contributed by atoms with Crippen molar-refractivity contribution in [3.05, 3.63) is 87.9 Å². The normalized spacial score (nSPS) is 11.4. The van der Waals surface area contributed by atoms with E-state index < -0.39 is 0 Å². The molecule has 0 saturated carbocycles. The number of hydrogen-bond acceptors (Lipinski definition) is 4. The van der Waals surface area contributed by atoms with Crippen LogP contribution in [0.25, 0.3) is 22.7 Å². The lowest BCUT2D eigenvalue weighted by atomic mass is 10.1. The molecule has 0 saturated heterocycles. The number of hydrogen-bond donors (Lipinski definition) is 1. The molecule has 0 spiro atoms. The number of fused-ring (bicyclic) bond motifs is 1. The van der Waals surface area contributed by atoms with Crippen molar-refractivity contribution in [2.24, 2.45) is 0 Å². The zero-order chi connectivity index (χ0) is 21.8. The molecule has 0 amide bonds. The van der Waals surface area contributed by atoms with Gasteiger partial charge in [-0.3, -0.25) is 0 Å². The van der Waals surface area contributed by atoms with Crippen molar-refractivity contribution in [2.75, 3.05) is 7.11 Å². The molecule has 0 radical (unpaired) electrons. The smallest absolute Gasteiger partial charge is 0.175 e. The van der Waals surface area contributed by atoms with Crippen LogP contribution in [0.15, 0.2) is 65.1 Å². The number of nitriles is 1. The van der Waals surface area contributed by atoms with Crippen LogP contribution in [0.4, 0.5) is 4.39 Å². The lowest BCUT2D eigenvalue weighted by Crippen LogP contribution is -1.99. The number of methoxy groups -OCH3 is 1. The molecule has 0 atom stereocenters. The minimum Gasteiger partial charge on any atom is -0.493 e. The molecular formula is C24H17BrFN3O2. The topological polar surface area (TPSA) is 70.9 Å². The minimum absolute atomic E-state index is 0.185. The van der Waals surface area contributed by atoms with Crippen molar-refractivity contribution in [1.29, 1.82) is 5.26 Å². The Balaban J connectivity index is 1.64. The Labute approximate surface area is 186 Å². The maximum atomic E-state index is 13.4. The van der Waals surface area contributed by atoms with Gasteiger partial charge in [-0.05, 0) is 69.5 Å². The van der Waals surface area contributed by atoms with Crippen LogP contribution in [-0.2, 0) is 6.61 Å². The Morgan fingerprint density at radius 1 is 1.19 bits per heavy atom. The predicted octanol–water partition coefficient (Wildman–Crippen LogP) is 6.12. The summed E-state index contributed by atoms with van der Waals surface area (Å²) in [7, 11) is 1.54. The van der Waals surface area contributed by atoms with Gasteiger partial charge in [0.15, 0.2) is 11.5 Å². The molecule has 1 aromatic heterocycles. The number of nitrogens with one attached hydrogen (secondary N) is 1. The summed E-state index contributed by atoms with van der Waals surface area (Å²) < 4.78 is 25.4. The summed E-state index contributed by atoms with van der Waals surface area (Å²) in [5.74, 6) is 1.15. The fraction of sp³-hybridized carbons (Fsp3) is 0.0833. The van der Waals surface area contributed by atoms with Crippen molar-refractivity contribution >= 4 is 38.6 Å². The van der Waals surface area contributed by atoms with Gasteiger partial charge in [-0.2, -0.15) is 5.26 Å². The van der Waals surface area contributed by atoms with Crippen LogP contribution in [0, 0.1) is 17.1 Å². The molecule has 4 rings (SSSR count). The highest BCUT2D eigenvalue weighted by molar-refractivity contribution is 9.10. The summed E-state index contributed by atoms with van der Waals surface area (Å²) in [4.78, 5) is 7.65. The molecule has 0 aliphatic heterocycles. The number of halogens is 2. The van der Waals surface area contributed by atoms with Crippen LogP contribution >= 0.6 is 15.9 Å². The maximum absolute atomic E-state index is 13.4. The van der Waals surface area contributed by atoms with Crippen molar-refractivity contribution < 1.29 is 13.9 Å². The third-order valence-corrected chi connectivity index (χ3v) is 5.19. The van der Waals surface area contributed by atoms with Gasteiger partial charge in [-0.1, -0.05) is 24.3 Å². The van der Waals surface area contributed by atoms with Gasteiger partial charge in [0, 0.05) is 0 Å². The van der Waals surface area contributed by atoms with Gasteiger partial charge >= 0.3 is 0 Å². The highest BCUT2D eigenvalue weighted by Gasteiger charge is 2.14. The average Bonchev–Trinajstić information content (AvgIpc) is 3.20. The number of ether oxygens (including phenoxy) is 2. The second-order valence-corrected chi connectivity index (χ2v) is 7.58. The minimum atomic E-state index is -0.317. The molecule has 1 heterocycles. The summed E-state index contributed by atoms with van der Waals surface area (Å²) in [5.41, 5.74) is 3.48. The lowest BCUT2D eigenvalue weighted by Gasteiger charge is -2.14. The van der Waals surface area contributed by atoms with E-state index >= 15 is 0 Å². The number of imidazole rings is 1. The molecular weight excluding hydrogens is 461 g/mol. The number of aromatic amines is 1. The first-order valence-corrected chi connectivity index (χ1v) is 10.2. The molecule has 0 fully saturated rings. The number of H-pyrrole nitrogens is 1. The van der Waals surface area contributed by atoms with Gasteiger partial charge in [0.05, 0.1) is 28.2 Å². The van der Waals surface area contributed by atoms with Crippen LogP contribution in [0.5, 0.6) is 11.5 Å². The van der Waals surface area contributed by atoms with Gasteiger partial charge in [0.25, 0.3) is 0 Å². The molecule has 4 aromatic rings. The van der Waals surface area contributed by atoms with E-state index in [9.17, 15) is 9.65 Å². The van der Waals surface area contributed by atoms with Crippen molar-refractivity contribution in [3.8, 4) is 17.6 Å². The second-order valence-electron chi connectivity index (χ2n) is 6.73. The molecule has 3 aromatic carbocycles. The molecule has 1 N–H and O–H groups in total. The van der Waals surface area contributed by atoms with E-state index in [-0.39, 0.29) is 12.4 Å². The molecule has 0 bridgehead atoms. The average molecular weight is 478 g/mol. The monoisotopic (exact) mass is 477 g/mol. The Morgan fingerprint density at radius 2 is 2.03 bits per heavy atom. The SMILES string of the molecule is COc1cc(/C=C(\C#N)c2nc3ccccc3[nH]2)cc(Br)c1OCc1cccc(F)c1. The number of para-hydroxylation sites is 2. The summed E-state index contributed by atoms with van der Waals surface area (Å²) in [6.45, 7) is 0.185. The van der Waals surface area contributed by atoms with Gasteiger partial charge in [0.2, 0.25) is 0 Å². The van der Waals surface area contributed by atoms with E-state index in [4.69, 9.17) is 9.47 Å². The van der Waals surface area contributed by atoms with Crippen LogP contribution in [-0.4, -0.2) is 17.1 Å². The first-order valence-electron chi connectivity index (χ1n) is 9.39. The summed E-state index contributed by atoms with van der Waals surface area (Å²) in [6.07, 6.45) is 1.72. The highest BCUT2D eigenvalue weighted by Crippen LogP contribution is 2.38. The molecule has 154 valence electrons. The molecule has 5 nitrogen and oxygen atoms in total. The van der Waals surface area contributed by atoms with Gasteiger partial charge < -0.3 is 14.5 Å². The van der Waals surface area contributed by atoms with Gasteiger partial charge in [0.1, 0.15) is 24.3 Å². The van der Waals surface area contributed by atoms with E-state index in [1.165, 1.54) is 19.2 Å². The van der Waals surface area contributed by atoms with E-state index in [2.05, 4.69) is 32.0 Å². The number of aromatic nitrogens is 2. The van der Waals surface area contributed by atoms with Crippen LogP contribution in [0.1, 0.15) is 17.0 Å².